The zero-order chi connectivity index (χ0) is 20.9. The van der Waals surface area contributed by atoms with E-state index in [1.54, 1.807) is 0 Å². The summed E-state index contributed by atoms with van der Waals surface area (Å²) in [7, 11) is 0. The van der Waals surface area contributed by atoms with E-state index in [-0.39, 0.29) is 29.2 Å². The molecular weight excluding hydrogens is 366 g/mol. The van der Waals surface area contributed by atoms with Crippen molar-refractivity contribution in [2.45, 2.75) is 63.3 Å². The Bertz CT molecular complexity index is 650. The summed E-state index contributed by atoms with van der Waals surface area (Å²) in [6, 6.07) is 0. The highest BCUT2D eigenvalue weighted by Gasteiger charge is 2.44. The van der Waals surface area contributed by atoms with E-state index in [0.29, 0.717) is 38.9 Å². The van der Waals surface area contributed by atoms with Crippen LogP contribution in [0.3, 0.4) is 0 Å². The highest BCUT2D eigenvalue weighted by molar-refractivity contribution is 5.84. The van der Waals surface area contributed by atoms with Crippen LogP contribution in [-0.2, 0) is 14.4 Å². The normalized spacial score (nSPS) is 24.3. The maximum atomic E-state index is 13.4. The molecule has 0 aliphatic carbocycles. The zero-order valence-corrected chi connectivity index (χ0v) is 17.6. The number of carbonyl (C=O) groups is 3. The highest BCUT2D eigenvalue weighted by Crippen LogP contribution is 2.38. The molecule has 3 saturated heterocycles. The SMILES string of the molecule is C=CCC1(CC=C)CCCN1C(=O)C1CCC(=O)N(CCCN2CCCC2=O)C1. The van der Waals surface area contributed by atoms with Crippen LogP contribution in [0, 0.1) is 5.92 Å². The first-order valence-corrected chi connectivity index (χ1v) is 11.1. The quantitative estimate of drug-likeness (QED) is 0.558. The van der Waals surface area contributed by atoms with E-state index in [1.165, 1.54) is 0 Å². The van der Waals surface area contributed by atoms with Gasteiger partial charge in [0.1, 0.15) is 0 Å². The van der Waals surface area contributed by atoms with Crippen molar-refractivity contribution in [3.05, 3.63) is 25.3 Å². The van der Waals surface area contributed by atoms with Gasteiger partial charge in [-0.2, -0.15) is 0 Å². The van der Waals surface area contributed by atoms with Gasteiger partial charge in [0.05, 0.1) is 5.92 Å². The third-order valence-corrected chi connectivity index (χ3v) is 6.79. The van der Waals surface area contributed by atoms with Gasteiger partial charge in [-0.15, -0.1) is 13.2 Å². The minimum absolute atomic E-state index is 0.131. The first-order valence-electron chi connectivity index (χ1n) is 11.1. The molecule has 1 atom stereocenters. The van der Waals surface area contributed by atoms with Crippen molar-refractivity contribution in [3.8, 4) is 0 Å². The van der Waals surface area contributed by atoms with E-state index >= 15 is 0 Å². The number of hydrogen-bond acceptors (Lipinski definition) is 3. The fourth-order valence-electron chi connectivity index (χ4n) is 5.27. The third-order valence-electron chi connectivity index (χ3n) is 6.79. The van der Waals surface area contributed by atoms with Crippen LogP contribution in [0.5, 0.6) is 0 Å². The second kappa shape index (κ2) is 9.59. The van der Waals surface area contributed by atoms with E-state index in [1.807, 2.05) is 22.0 Å². The molecule has 1 unspecified atom stereocenters. The van der Waals surface area contributed by atoms with Gasteiger partial charge in [0.25, 0.3) is 0 Å². The monoisotopic (exact) mass is 401 g/mol. The molecule has 3 heterocycles. The smallest absolute Gasteiger partial charge is 0.227 e. The number of nitrogens with zero attached hydrogens (tertiary/aromatic N) is 3. The summed E-state index contributed by atoms with van der Waals surface area (Å²) in [5.74, 6) is 0.399. The summed E-state index contributed by atoms with van der Waals surface area (Å²) in [4.78, 5) is 43.4. The van der Waals surface area contributed by atoms with Crippen LogP contribution in [0.2, 0.25) is 0 Å². The minimum Gasteiger partial charge on any atom is -0.343 e. The molecule has 29 heavy (non-hydrogen) atoms. The van der Waals surface area contributed by atoms with Gasteiger partial charge in [0.2, 0.25) is 17.7 Å². The Labute approximate surface area is 174 Å². The van der Waals surface area contributed by atoms with Crippen molar-refractivity contribution in [1.82, 2.24) is 14.7 Å². The van der Waals surface area contributed by atoms with Gasteiger partial charge in [-0.05, 0) is 44.9 Å². The Kier molecular flexibility index (Phi) is 7.14. The topological polar surface area (TPSA) is 60.9 Å². The highest BCUT2D eigenvalue weighted by atomic mass is 16.2. The zero-order valence-electron chi connectivity index (χ0n) is 17.6. The molecule has 3 rings (SSSR count). The second-order valence-corrected chi connectivity index (χ2v) is 8.72. The fourth-order valence-corrected chi connectivity index (χ4v) is 5.27. The summed E-state index contributed by atoms with van der Waals surface area (Å²) >= 11 is 0. The Morgan fingerprint density at radius 3 is 2.34 bits per heavy atom. The minimum atomic E-state index is -0.191. The van der Waals surface area contributed by atoms with E-state index < -0.39 is 0 Å². The Balaban J connectivity index is 1.59. The predicted molar refractivity (Wildman–Crippen MR) is 113 cm³/mol. The molecule has 6 nitrogen and oxygen atoms in total. The fraction of sp³-hybridized carbons (Fsp3) is 0.696. The summed E-state index contributed by atoms with van der Waals surface area (Å²) in [6.45, 7) is 11.2. The molecule has 6 heteroatoms. The molecule has 160 valence electrons. The van der Waals surface area contributed by atoms with Gasteiger partial charge in [0, 0.05) is 51.1 Å². The average molecular weight is 402 g/mol. The van der Waals surface area contributed by atoms with Crippen molar-refractivity contribution in [3.63, 3.8) is 0 Å². The Morgan fingerprint density at radius 2 is 1.69 bits per heavy atom. The molecule has 3 amide bonds. The van der Waals surface area contributed by atoms with Crippen molar-refractivity contribution in [1.29, 1.82) is 0 Å². The molecule has 3 aliphatic rings. The number of hydrogen-bond donors (Lipinski definition) is 0. The van der Waals surface area contributed by atoms with Gasteiger partial charge in [-0.3, -0.25) is 14.4 Å². The molecule has 0 aromatic heterocycles. The summed E-state index contributed by atoms with van der Waals surface area (Å²) < 4.78 is 0. The van der Waals surface area contributed by atoms with Crippen LogP contribution >= 0.6 is 0 Å². The van der Waals surface area contributed by atoms with Crippen LogP contribution < -0.4 is 0 Å². The second-order valence-electron chi connectivity index (χ2n) is 8.72. The standard InChI is InChI=1S/C23H35N3O3/c1-3-11-23(12-4-2)13-6-17-26(23)22(29)19-9-10-21(28)25(18-19)16-7-15-24-14-5-8-20(24)27/h3-4,19H,1-2,5-18H2. The van der Waals surface area contributed by atoms with Crippen LogP contribution in [0.25, 0.3) is 0 Å². The third kappa shape index (κ3) is 4.73. The van der Waals surface area contributed by atoms with E-state index in [2.05, 4.69) is 18.1 Å². The molecule has 0 N–H and O–H groups in total. The summed E-state index contributed by atoms with van der Waals surface area (Å²) in [5.41, 5.74) is -0.191. The van der Waals surface area contributed by atoms with Gasteiger partial charge >= 0.3 is 0 Å². The van der Waals surface area contributed by atoms with Gasteiger partial charge in [-0.25, -0.2) is 0 Å². The molecular formula is C23H35N3O3. The Morgan fingerprint density at radius 1 is 1.00 bits per heavy atom. The number of piperidine rings is 1. The molecule has 0 bridgehead atoms. The number of amides is 3. The Hall–Kier alpha value is -2.11. The van der Waals surface area contributed by atoms with Crippen LogP contribution in [-0.4, -0.2) is 70.7 Å². The lowest BCUT2D eigenvalue weighted by molar-refractivity contribution is -0.145. The molecule has 0 aromatic carbocycles. The number of rotatable bonds is 9. The summed E-state index contributed by atoms with van der Waals surface area (Å²) in [5, 5.41) is 0. The average Bonchev–Trinajstić information content (AvgIpc) is 3.30. The van der Waals surface area contributed by atoms with E-state index in [9.17, 15) is 14.4 Å². The largest absolute Gasteiger partial charge is 0.343 e. The van der Waals surface area contributed by atoms with Crippen molar-refractivity contribution >= 4 is 17.7 Å². The predicted octanol–water partition coefficient (Wildman–Crippen LogP) is 2.75. The molecule has 0 aromatic rings. The van der Waals surface area contributed by atoms with Crippen molar-refractivity contribution in [2.24, 2.45) is 5.92 Å². The first-order chi connectivity index (χ1) is 14.0. The number of carbonyl (C=O) groups excluding carboxylic acids is 3. The van der Waals surface area contributed by atoms with Crippen LogP contribution in [0.4, 0.5) is 0 Å². The molecule has 0 saturated carbocycles. The van der Waals surface area contributed by atoms with E-state index in [0.717, 1.165) is 51.6 Å². The van der Waals surface area contributed by atoms with Crippen LogP contribution in [0.15, 0.2) is 25.3 Å². The lowest BCUT2D eigenvalue weighted by Gasteiger charge is -2.41. The van der Waals surface area contributed by atoms with Crippen molar-refractivity contribution < 1.29 is 14.4 Å². The number of likely N-dealkylation sites (tertiary alicyclic amines) is 3. The van der Waals surface area contributed by atoms with Gasteiger partial charge in [0.15, 0.2) is 0 Å². The maximum absolute atomic E-state index is 13.4. The lowest BCUT2D eigenvalue weighted by atomic mass is 9.86. The summed E-state index contributed by atoms with van der Waals surface area (Å²) in [6.07, 6.45) is 10.8. The molecule has 0 spiro atoms. The van der Waals surface area contributed by atoms with Crippen LogP contribution in [0.1, 0.15) is 57.8 Å². The molecule has 3 aliphatic heterocycles. The van der Waals surface area contributed by atoms with Gasteiger partial charge < -0.3 is 14.7 Å². The lowest BCUT2D eigenvalue weighted by Crippen LogP contribution is -2.53. The molecule has 3 fully saturated rings. The first kappa shape index (κ1) is 21.6. The van der Waals surface area contributed by atoms with E-state index in [4.69, 9.17) is 0 Å². The maximum Gasteiger partial charge on any atom is 0.227 e. The molecule has 0 radical (unpaired) electrons. The van der Waals surface area contributed by atoms with Crippen molar-refractivity contribution in [2.75, 3.05) is 32.7 Å². The van der Waals surface area contributed by atoms with Gasteiger partial charge in [-0.1, -0.05) is 12.2 Å².